The van der Waals surface area contributed by atoms with Crippen LogP contribution in [0.25, 0.3) is 0 Å². The molecule has 0 atom stereocenters. The predicted octanol–water partition coefficient (Wildman–Crippen LogP) is 2.47. The Labute approximate surface area is 116 Å². The van der Waals surface area contributed by atoms with Crippen molar-refractivity contribution in [3.8, 4) is 6.07 Å². The summed E-state index contributed by atoms with van der Waals surface area (Å²) >= 11 is 0. The Kier molecular flexibility index (Phi) is 6.30. The van der Waals surface area contributed by atoms with E-state index in [-0.39, 0.29) is 18.6 Å². The van der Waals surface area contributed by atoms with Gasteiger partial charge in [0.1, 0.15) is 5.41 Å². The van der Waals surface area contributed by atoms with Crippen molar-refractivity contribution in [3.63, 3.8) is 0 Å². The highest BCUT2D eigenvalue weighted by Gasteiger charge is 2.43. The van der Waals surface area contributed by atoms with Crippen LogP contribution in [0.1, 0.15) is 58.8 Å². The Morgan fingerprint density at radius 1 is 1.32 bits per heavy atom. The van der Waals surface area contributed by atoms with Crippen molar-refractivity contribution in [3.05, 3.63) is 0 Å². The van der Waals surface area contributed by atoms with E-state index in [0.717, 1.165) is 32.1 Å². The van der Waals surface area contributed by atoms with Crippen LogP contribution >= 0.6 is 0 Å². The lowest BCUT2D eigenvalue weighted by atomic mass is 9.74. The van der Waals surface area contributed by atoms with Gasteiger partial charge in [-0.2, -0.15) is 5.26 Å². The maximum Gasteiger partial charge on any atom is 0.243 e. The molecular weight excluding hydrogens is 240 g/mol. The van der Waals surface area contributed by atoms with Crippen LogP contribution in [0.3, 0.4) is 0 Å². The van der Waals surface area contributed by atoms with Crippen LogP contribution in [-0.2, 0) is 4.79 Å². The highest BCUT2D eigenvalue weighted by molar-refractivity contribution is 5.86. The third-order valence-electron chi connectivity index (χ3n) is 4.32. The monoisotopic (exact) mass is 266 g/mol. The van der Waals surface area contributed by atoms with Gasteiger partial charge in [-0.1, -0.05) is 33.1 Å². The molecule has 0 heterocycles. The molecule has 1 amide bonds. The van der Waals surface area contributed by atoms with Crippen molar-refractivity contribution >= 4 is 5.91 Å². The van der Waals surface area contributed by atoms with Crippen LogP contribution in [0.2, 0.25) is 0 Å². The number of hydrogen-bond donors (Lipinski definition) is 1. The lowest BCUT2D eigenvalue weighted by Gasteiger charge is -2.38. The normalized spacial score (nSPS) is 18.1. The molecule has 4 nitrogen and oxygen atoms in total. The van der Waals surface area contributed by atoms with Gasteiger partial charge in [0.15, 0.2) is 0 Å². The third kappa shape index (κ3) is 3.48. The van der Waals surface area contributed by atoms with E-state index in [4.69, 9.17) is 0 Å². The number of carbonyl (C=O) groups is 1. The number of aliphatic hydroxyl groups excluding tert-OH is 1. The van der Waals surface area contributed by atoms with Crippen LogP contribution in [0, 0.1) is 16.7 Å². The number of rotatable bonds is 6. The van der Waals surface area contributed by atoms with Crippen molar-refractivity contribution in [1.29, 1.82) is 5.26 Å². The van der Waals surface area contributed by atoms with Crippen molar-refractivity contribution in [2.75, 3.05) is 13.2 Å². The molecule has 0 bridgehead atoms. The van der Waals surface area contributed by atoms with E-state index < -0.39 is 5.41 Å². The predicted molar refractivity (Wildman–Crippen MR) is 74.3 cm³/mol. The largest absolute Gasteiger partial charge is 0.395 e. The van der Waals surface area contributed by atoms with Crippen LogP contribution < -0.4 is 0 Å². The van der Waals surface area contributed by atoms with Crippen molar-refractivity contribution in [1.82, 2.24) is 4.90 Å². The maximum absolute atomic E-state index is 12.8. The number of carbonyl (C=O) groups excluding carboxylic acids is 1. The summed E-state index contributed by atoms with van der Waals surface area (Å²) in [4.78, 5) is 14.5. The van der Waals surface area contributed by atoms with E-state index in [1.807, 2.05) is 13.8 Å². The standard InChI is InChI=1S/C15H26N2O2/c1-3-13(4-2)17(10-11-18)14(19)15(12-16)8-6-5-7-9-15/h13,18H,3-11H2,1-2H3. The molecule has 1 N–H and O–H groups in total. The Balaban J connectivity index is 2.93. The zero-order valence-corrected chi connectivity index (χ0v) is 12.2. The summed E-state index contributed by atoms with van der Waals surface area (Å²) in [5.74, 6) is -0.0579. The van der Waals surface area contributed by atoms with Gasteiger partial charge in [-0.15, -0.1) is 0 Å². The fourth-order valence-corrected chi connectivity index (χ4v) is 3.09. The molecule has 0 radical (unpaired) electrons. The summed E-state index contributed by atoms with van der Waals surface area (Å²) in [5.41, 5.74) is -0.837. The first-order valence-electron chi connectivity index (χ1n) is 7.48. The molecule has 1 aliphatic carbocycles. The number of nitriles is 1. The van der Waals surface area contributed by atoms with Gasteiger partial charge in [-0.25, -0.2) is 0 Å². The average Bonchev–Trinajstić information content (AvgIpc) is 2.47. The summed E-state index contributed by atoms with van der Waals surface area (Å²) in [6.45, 7) is 4.40. The summed E-state index contributed by atoms with van der Waals surface area (Å²) in [6, 6.07) is 2.42. The highest BCUT2D eigenvalue weighted by atomic mass is 16.3. The van der Waals surface area contributed by atoms with Gasteiger partial charge < -0.3 is 10.0 Å². The Morgan fingerprint density at radius 2 is 1.89 bits per heavy atom. The smallest absolute Gasteiger partial charge is 0.243 e. The maximum atomic E-state index is 12.8. The van der Waals surface area contributed by atoms with Crippen LogP contribution in [0.4, 0.5) is 0 Å². The molecule has 1 rings (SSSR count). The van der Waals surface area contributed by atoms with E-state index in [2.05, 4.69) is 6.07 Å². The summed E-state index contributed by atoms with van der Waals surface area (Å²) in [5, 5.41) is 18.7. The number of hydrogen-bond acceptors (Lipinski definition) is 3. The first-order chi connectivity index (χ1) is 9.15. The van der Waals surface area contributed by atoms with Crippen molar-refractivity contribution in [2.45, 2.75) is 64.8 Å². The molecular formula is C15H26N2O2. The molecule has 0 unspecified atom stereocenters. The molecule has 0 saturated heterocycles. The third-order valence-corrected chi connectivity index (χ3v) is 4.32. The van der Waals surface area contributed by atoms with E-state index in [1.54, 1.807) is 4.90 Å². The highest BCUT2D eigenvalue weighted by Crippen LogP contribution is 2.38. The Morgan fingerprint density at radius 3 is 2.32 bits per heavy atom. The van der Waals surface area contributed by atoms with Crippen molar-refractivity contribution in [2.24, 2.45) is 5.41 Å². The zero-order chi connectivity index (χ0) is 14.3. The second-order valence-electron chi connectivity index (χ2n) is 5.45. The Hall–Kier alpha value is -1.08. The zero-order valence-electron chi connectivity index (χ0n) is 12.2. The lowest BCUT2D eigenvalue weighted by molar-refractivity contribution is -0.143. The molecule has 108 valence electrons. The quantitative estimate of drug-likeness (QED) is 0.803. The molecule has 0 aromatic rings. The second kappa shape index (κ2) is 7.49. The lowest BCUT2D eigenvalue weighted by Crippen LogP contribution is -2.50. The first-order valence-corrected chi connectivity index (χ1v) is 7.48. The molecule has 4 heteroatoms. The average molecular weight is 266 g/mol. The summed E-state index contributed by atoms with van der Waals surface area (Å²) < 4.78 is 0. The van der Waals surface area contributed by atoms with E-state index >= 15 is 0 Å². The number of aliphatic hydroxyl groups is 1. The minimum absolute atomic E-state index is 0.0379. The second-order valence-corrected chi connectivity index (χ2v) is 5.45. The minimum atomic E-state index is -0.837. The van der Waals surface area contributed by atoms with Gasteiger partial charge in [0.25, 0.3) is 0 Å². The van der Waals surface area contributed by atoms with Gasteiger partial charge >= 0.3 is 0 Å². The molecule has 0 aromatic heterocycles. The summed E-state index contributed by atoms with van der Waals surface area (Å²) in [6.07, 6.45) is 6.09. The minimum Gasteiger partial charge on any atom is -0.395 e. The van der Waals surface area contributed by atoms with E-state index in [0.29, 0.717) is 19.4 Å². The molecule has 0 spiro atoms. The first kappa shape index (κ1) is 16.0. The van der Waals surface area contributed by atoms with Gasteiger partial charge in [0, 0.05) is 12.6 Å². The molecule has 19 heavy (non-hydrogen) atoms. The molecule has 1 saturated carbocycles. The van der Waals surface area contributed by atoms with Gasteiger partial charge in [-0.3, -0.25) is 4.79 Å². The number of nitrogens with zero attached hydrogens (tertiary/aromatic N) is 2. The van der Waals surface area contributed by atoms with Crippen LogP contribution in [0.15, 0.2) is 0 Å². The van der Waals surface area contributed by atoms with E-state index in [9.17, 15) is 15.2 Å². The fourth-order valence-electron chi connectivity index (χ4n) is 3.09. The van der Waals surface area contributed by atoms with Gasteiger partial charge in [0.2, 0.25) is 5.91 Å². The Bertz CT molecular complexity index is 326. The van der Waals surface area contributed by atoms with Crippen LogP contribution in [0.5, 0.6) is 0 Å². The molecule has 0 aromatic carbocycles. The molecule has 1 aliphatic rings. The van der Waals surface area contributed by atoms with Gasteiger partial charge in [0.05, 0.1) is 12.7 Å². The van der Waals surface area contributed by atoms with Crippen molar-refractivity contribution < 1.29 is 9.90 Å². The van der Waals surface area contributed by atoms with Crippen LogP contribution in [-0.4, -0.2) is 35.1 Å². The number of amides is 1. The van der Waals surface area contributed by atoms with Gasteiger partial charge in [-0.05, 0) is 25.7 Å². The SMILES string of the molecule is CCC(CC)N(CCO)C(=O)C1(C#N)CCCCC1. The fraction of sp³-hybridized carbons (Fsp3) is 0.867. The molecule has 1 fully saturated rings. The molecule has 0 aliphatic heterocycles. The van der Waals surface area contributed by atoms with E-state index in [1.165, 1.54) is 0 Å². The summed E-state index contributed by atoms with van der Waals surface area (Å²) in [7, 11) is 0. The topological polar surface area (TPSA) is 64.3 Å².